The van der Waals surface area contributed by atoms with E-state index in [2.05, 4.69) is 35.6 Å². The molecule has 2 aliphatic rings. The molecule has 1 saturated carbocycles. The normalized spacial score (nSPS) is 27.3. The lowest BCUT2D eigenvalue weighted by molar-refractivity contribution is 0.129. The van der Waals surface area contributed by atoms with Crippen molar-refractivity contribution in [1.82, 2.24) is 10.2 Å². The first kappa shape index (κ1) is 12.5. The number of benzene rings is 1. The summed E-state index contributed by atoms with van der Waals surface area (Å²) in [6, 6.07) is 11.7. The fraction of sp³-hybridized carbons (Fsp3) is 0.533. The Kier molecular flexibility index (Phi) is 3.42. The van der Waals surface area contributed by atoms with Crippen LogP contribution in [0, 0.1) is 0 Å². The summed E-state index contributed by atoms with van der Waals surface area (Å²) in [5, 5.41) is 12.6. The van der Waals surface area contributed by atoms with Gasteiger partial charge in [0.05, 0.1) is 0 Å². The second-order valence-corrected chi connectivity index (χ2v) is 5.57. The molecule has 4 heteroatoms. The van der Waals surface area contributed by atoms with E-state index < -0.39 is 6.09 Å². The van der Waals surface area contributed by atoms with Gasteiger partial charge in [-0.1, -0.05) is 30.3 Å². The van der Waals surface area contributed by atoms with Gasteiger partial charge in [-0.2, -0.15) is 0 Å². The summed E-state index contributed by atoms with van der Waals surface area (Å²) in [5.41, 5.74) is 1.42. The number of nitrogens with one attached hydrogen (secondary N) is 1. The van der Waals surface area contributed by atoms with Crippen molar-refractivity contribution in [3.8, 4) is 0 Å². The Bertz CT molecular complexity index is 441. The first-order valence-corrected chi connectivity index (χ1v) is 7.03. The summed E-state index contributed by atoms with van der Waals surface area (Å²) in [4.78, 5) is 12.4. The first-order valence-electron chi connectivity index (χ1n) is 7.03. The van der Waals surface area contributed by atoms with Crippen molar-refractivity contribution in [3.63, 3.8) is 0 Å². The van der Waals surface area contributed by atoms with E-state index in [0.717, 1.165) is 12.8 Å². The molecule has 4 nitrogen and oxygen atoms in total. The van der Waals surface area contributed by atoms with Gasteiger partial charge in [0.2, 0.25) is 0 Å². The van der Waals surface area contributed by atoms with Crippen LogP contribution in [-0.2, 0) is 0 Å². The molecule has 0 aromatic heterocycles. The van der Waals surface area contributed by atoms with Crippen LogP contribution >= 0.6 is 0 Å². The van der Waals surface area contributed by atoms with Crippen LogP contribution in [0.3, 0.4) is 0 Å². The van der Waals surface area contributed by atoms with Crippen molar-refractivity contribution >= 4 is 6.09 Å². The Morgan fingerprint density at radius 3 is 2.53 bits per heavy atom. The zero-order chi connectivity index (χ0) is 13.2. The number of carboxylic acid groups (broad SMARTS) is 1. The lowest BCUT2D eigenvalue weighted by Crippen LogP contribution is -2.45. The highest BCUT2D eigenvalue weighted by Gasteiger charge is 2.39. The van der Waals surface area contributed by atoms with Gasteiger partial charge in [-0.15, -0.1) is 0 Å². The third kappa shape index (κ3) is 2.89. The topological polar surface area (TPSA) is 52.6 Å². The van der Waals surface area contributed by atoms with Gasteiger partial charge in [0.1, 0.15) is 0 Å². The molecule has 1 aliphatic heterocycles. The molecular weight excluding hydrogens is 240 g/mol. The second-order valence-electron chi connectivity index (χ2n) is 5.57. The molecule has 3 rings (SSSR count). The van der Waals surface area contributed by atoms with Gasteiger partial charge in [0.25, 0.3) is 0 Å². The highest BCUT2D eigenvalue weighted by molar-refractivity contribution is 5.65. The molecule has 1 aliphatic carbocycles. The molecule has 1 aromatic rings. The molecular formula is C15H20N2O2. The number of rotatable bonds is 3. The molecule has 2 N–H and O–H groups in total. The minimum absolute atomic E-state index is 0.481. The minimum atomic E-state index is -0.785. The van der Waals surface area contributed by atoms with Gasteiger partial charge in [0, 0.05) is 31.1 Å². The van der Waals surface area contributed by atoms with Crippen molar-refractivity contribution in [2.45, 2.75) is 37.3 Å². The molecule has 0 bridgehead atoms. The summed E-state index contributed by atoms with van der Waals surface area (Å²) in [7, 11) is 0. The van der Waals surface area contributed by atoms with Crippen molar-refractivity contribution in [1.29, 1.82) is 0 Å². The Hall–Kier alpha value is -1.55. The van der Waals surface area contributed by atoms with E-state index in [-0.39, 0.29) is 0 Å². The van der Waals surface area contributed by atoms with Crippen molar-refractivity contribution in [3.05, 3.63) is 35.9 Å². The average Bonchev–Trinajstić information content (AvgIpc) is 3.20. The molecule has 1 amide bonds. The summed E-state index contributed by atoms with van der Waals surface area (Å²) < 4.78 is 0. The van der Waals surface area contributed by atoms with Crippen LogP contribution in [-0.4, -0.2) is 41.3 Å². The van der Waals surface area contributed by atoms with E-state index in [4.69, 9.17) is 5.11 Å². The highest BCUT2D eigenvalue weighted by atomic mass is 16.4. The Morgan fingerprint density at radius 2 is 1.89 bits per heavy atom. The summed E-state index contributed by atoms with van der Waals surface area (Å²) >= 11 is 0. The van der Waals surface area contributed by atoms with E-state index in [1.54, 1.807) is 0 Å². The monoisotopic (exact) mass is 260 g/mol. The quantitative estimate of drug-likeness (QED) is 0.876. The van der Waals surface area contributed by atoms with Crippen LogP contribution in [0.1, 0.15) is 30.7 Å². The summed E-state index contributed by atoms with van der Waals surface area (Å²) in [5.74, 6) is 0.652. The molecule has 102 valence electrons. The highest BCUT2D eigenvalue weighted by Crippen LogP contribution is 2.41. The first-order chi connectivity index (χ1) is 9.24. The van der Waals surface area contributed by atoms with Gasteiger partial charge >= 0.3 is 6.09 Å². The maximum atomic E-state index is 10.8. The summed E-state index contributed by atoms with van der Waals surface area (Å²) in [6.07, 6.45) is 2.30. The van der Waals surface area contributed by atoms with Crippen LogP contribution in [0.2, 0.25) is 0 Å². The van der Waals surface area contributed by atoms with E-state index >= 15 is 0 Å². The van der Waals surface area contributed by atoms with E-state index in [1.165, 1.54) is 16.9 Å². The van der Waals surface area contributed by atoms with Crippen molar-refractivity contribution < 1.29 is 9.90 Å². The number of hydrogen-bond donors (Lipinski definition) is 2. The van der Waals surface area contributed by atoms with Crippen LogP contribution in [0.25, 0.3) is 0 Å². The number of nitrogens with zero attached hydrogens (tertiary/aromatic N) is 1. The lowest BCUT2D eigenvalue weighted by Gasteiger charge is -2.30. The van der Waals surface area contributed by atoms with Crippen LogP contribution in [0.5, 0.6) is 0 Å². The predicted molar refractivity (Wildman–Crippen MR) is 73.3 cm³/mol. The number of carbonyl (C=O) groups is 1. The molecule has 2 unspecified atom stereocenters. The van der Waals surface area contributed by atoms with Crippen molar-refractivity contribution in [2.75, 3.05) is 13.1 Å². The van der Waals surface area contributed by atoms with Crippen LogP contribution in [0.15, 0.2) is 30.3 Å². The zero-order valence-electron chi connectivity index (χ0n) is 11.0. The van der Waals surface area contributed by atoms with Gasteiger partial charge in [-0.05, 0) is 24.8 Å². The molecule has 0 radical (unpaired) electrons. The minimum Gasteiger partial charge on any atom is -0.465 e. The maximum Gasteiger partial charge on any atom is 0.407 e. The number of hydrogen-bond acceptors (Lipinski definition) is 2. The average molecular weight is 260 g/mol. The lowest BCUT2D eigenvalue weighted by atomic mass is 10.0. The Balaban J connectivity index is 1.46. The van der Waals surface area contributed by atoms with E-state index in [9.17, 15) is 4.79 Å². The SMILES string of the molecule is O=C(O)N1CCC(NC2CC2c2ccccc2)CC1. The summed E-state index contributed by atoms with van der Waals surface area (Å²) in [6.45, 7) is 1.32. The molecule has 2 fully saturated rings. The number of amides is 1. The smallest absolute Gasteiger partial charge is 0.407 e. The number of likely N-dealkylation sites (tertiary alicyclic amines) is 1. The molecule has 0 spiro atoms. The van der Waals surface area contributed by atoms with Crippen LogP contribution < -0.4 is 5.32 Å². The van der Waals surface area contributed by atoms with E-state index in [1.807, 2.05) is 0 Å². The third-order valence-corrected chi connectivity index (χ3v) is 4.23. The number of piperidine rings is 1. The largest absolute Gasteiger partial charge is 0.465 e. The standard InChI is InChI=1S/C15H20N2O2/c18-15(19)17-8-6-12(7-9-17)16-14-10-13(14)11-4-2-1-3-5-11/h1-5,12-14,16H,6-10H2,(H,18,19). The molecule has 1 aromatic carbocycles. The second kappa shape index (κ2) is 5.21. The van der Waals surface area contributed by atoms with Gasteiger partial charge in [-0.3, -0.25) is 0 Å². The zero-order valence-corrected chi connectivity index (χ0v) is 11.0. The Labute approximate surface area is 113 Å². The van der Waals surface area contributed by atoms with E-state index in [0.29, 0.717) is 31.1 Å². The third-order valence-electron chi connectivity index (χ3n) is 4.23. The Morgan fingerprint density at radius 1 is 1.21 bits per heavy atom. The van der Waals surface area contributed by atoms with Crippen LogP contribution in [0.4, 0.5) is 4.79 Å². The van der Waals surface area contributed by atoms with Crippen molar-refractivity contribution in [2.24, 2.45) is 0 Å². The predicted octanol–water partition coefficient (Wildman–Crippen LogP) is 2.27. The fourth-order valence-corrected chi connectivity index (χ4v) is 2.99. The van der Waals surface area contributed by atoms with Gasteiger partial charge in [-0.25, -0.2) is 4.79 Å². The molecule has 1 heterocycles. The fourth-order valence-electron chi connectivity index (χ4n) is 2.99. The molecule has 2 atom stereocenters. The molecule has 1 saturated heterocycles. The molecule has 19 heavy (non-hydrogen) atoms. The van der Waals surface area contributed by atoms with Gasteiger partial charge < -0.3 is 15.3 Å². The maximum absolute atomic E-state index is 10.8. The van der Waals surface area contributed by atoms with Gasteiger partial charge in [0.15, 0.2) is 0 Å².